The fourth-order valence-corrected chi connectivity index (χ4v) is 2.72. The lowest BCUT2D eigenvalue weighted by atomic mass is 9.85. The van der Waals surface area contributed by atoms with Crippen molar-refractivity contribution in [2.24, 2.45) is 5.92 Å². The van der Waals surface area contributed by atoms with Crippen LogP contribution in [0.2, 0.25) is 0 Å². The fraction of sp³-hybridized carbons (Fsp3) is 0.273. The summed E-state index contributed by atoms with van der Waals surface area (Å²) in [5.41, 5.74) is 1.84. The summed E-state index contributed by atoms with van der Waals surface area (Å²) in [6, 6.07) is 19.2. The van der Waals surface area contributed by atoms with E-state index in [9.17, 15) is 9.59 Å². The van der Waals surface area contributed by atoms with Gasteiger partial charge in [-0.1, -0.05) is 72.8 Å². The van der Waals surface area contributed by atoms with E-state index in [2.05, 4.69) is 0 Å². The number of ether oxygens (including phenoxy) is 2. The predicted octanol–water partition coefficient (Wildman–Crippen LogP) is 4.23. The third kappa shape index (κ3) is 5.31. The molecule has 0 aromatic heterocycles. The quantitative estimate of drug-likeness (QED) is 0.527. The van der Waals surface area contributed by atoms with Crippen LogP contribution in [0.4, 0.5) is 0 Å². The third-order valence-electron chi connectivity index (χ3n) is 3.92. The first kappa shape index (κ1) is 19.4. The fourth-order valence-electron chi connectivity index (χ4n) is 2.72. The first-order valence-corrected chi connectivity index (χ1v) is 8.78. The Morgan fingerprint density at radius 1 is 0.846 bits per heavy atom. The molecule has 0 amide bonds. The highest BCUT2D eigenvalue weighted by Crippen LogP contribution is 2.29. The van der Waals surface area contributed by atoms with Gasteiger partial charge in [0.15, 0.2) is 5.92 Å². The molecule has 0 N–H and O–H groups in total. The molecule has 0 aliphatic heterocycles. The number of hydrogen-bond acceptors (Lipinski definition) is 4. The van der Waals surface area contributed by atoms with Gasteiger partial charge in [-0.3, -0.25) is 9.59 Å². The second-order valence-corrected chi connectivity index (χ2v) is 5.69. The van der Waals surface area contributed by atoms with Crippen molar-refractivity contribution < 1.29 is 19.1 Å². The van der Waals surface area contributed by atoms with Gasteiger partial charge in [-0.25, -0.2) is 0 Å². The molecule has 2 rings (SSSR count). The van der Waals surface area contributed by atoms with Crippen LogP contribution in [0.5, 0.6) is 0 Å². The summed E-state index contributed by atoms with van der Waals surface area (Å²) in [7, 11) is 0. The summed E-state index contributed by atoms with van der Waals surface area (Å²) < 4.78 is 10.3. The minimum Gasteiger partial charge on any atom is -0.465 e. The molecule has 0 bridgehead atoms. The number of rotatable bonds is 8. The van der Waals surface area contributed by atoms with Crippen LogP contribution in [-0.2, 0) is 19.1 Å². The SMILES string of the molecule is CCOC(=O)C(C(=O)OCC)[C@@H](C=Cc1ccccc1)c1ccccc1. The molecule has 26 heavy (non-hydrogen) atoms. The van der Waals surface area contributed by atoms with Gasteiger partial charge in [-0.15, -0.1) is 0 Å². The van der Waals surface area contributed by atoms with E-state index in [0.717, 1.165) is 11.1 Å². The lowest BCUT2D eigenvalue weighted by molar-refractivity contribution is -0.162. The Balaban J connectivity index is 2.43. The predicted molar refractivity (Wildman–Crippen MR) is 101 cm³/mol. The van der Waals surface area contributed by atoms with Crippen molar-refractivity contribution in [3.8, 4) is 0 Å². The van der Waals surface area contributed by atoms with Crippen LogP contribution in [-0.4, -0.2) is 25.2 Å². The number of carbonyl (C=O) groups excluding carboxylic acids is 2. The zero-order valence-corrected chi connectivity index (χ0v) is 15.1. The number of benzene rings is 2. The number of allylic oxidation sites excluding steroid dienone is 1. The van der Waals surface area contributed by atoms with Crippen molar-refractivity contribution in [3.63, 3.8) is 0 Å². The standard InChI is InChI=1S/C22H24O4/c1-3-25-21(23)20(22(24)26-4-2)19(18-13-9-6-10-14-18)16-15-17-11-7-5-8-12-17/h5-16,19-20H,3-4H2,1-2H3/t19-/m0/s1. The Bertz CT molecular complexity index is 704. The van der Waals surface area contributed by atoms with Crippen molar-refractivity contribution in [3.05, 3.63) is 77.9 Å². The highest BCUT2D eigenvalue weighted by molar-refractivity contribution is 5.96. The van der Waals surface area contributed by atoms with Gasteiger partial charge in [0.2, 0.25) is 0 Å². The lowest BCUT2D eigenvalue weighted by Crippen LogP contribution is -2.32. The minimum atomic E-state index is -1.04. The molecular formula is C22H24O4. The summed E-state index contributed by atoms with van der Waals surface area (Å²) >= 11 is 0. The van der Waals surface area contributed by atoms with Crippen LogP contribution in [0.3, 0.4) is 0 Å². The van der Waals surface area contributed by atoms with Crippen molar-refractivity contribution in [1.29, 1.82) is 0 Å². The van der Waals surface area contributed by atoms with E-state index in [1.165, 1.54) is 0 Å². The van der Waals surface area contributed by atoms with Gasteiger partial charge >= 0.3 is 11.9 Å². The van der Waals surface area contributed by atoms with Crippen LogP contribution >= 0.6 is 0 Å². The maximum absolute atomic E-state index is 12.5. The molecule has 0 spiro atoms. The third-order valence-corrected chi connectivity index (χ3v) is 3.92. The van der Waals surface area contributed by atoms with Gasteiger partial charge in [-0.2, -0.15) is 0 Å². The minimum absolute atomic E-state index is 0.207. The molecule has 0 aliphatic rings. The summed E-state index contributed by atoms with van der Waals surface area (Å²) in [4.78, 5) is 25.1. The zero-order valence-electron chi connectivity index (χ0n) is 15.1. The maximum Gasteiger partial charge on any atom is 0.321 e. The van der Waals surface area contributed by atoms with Gasteiger partial charge in [0, 0.05) is 5.92 Å². The van der Waals surface area contributed by atoms with Gasteiger partial charge in [0.25, 0.3) is 0 Å². The molecule has 2 aromatic rings. The number of carbonyl (C=O) groups is 2. The molecule has 1 atom stereocenters. The largest absolute Gasteiger partial charge is 0.465 e. The van der Waals surface area contributed by atoms with Gasteiger partial charge in [0.05, 0.1) is 13.2 Å². The highest BCUT2D eigenvalue weighted by atomic mass is 16.6. The molecule has 0 saturated carbocycles. The lowest BCUT2D eigenvalue weighted by Gasteiger charge is -2.22. The van der Waals surface area contributed by atoms with E-state index in [1.54, 1.807) is 13.8 Å². The average molecular weight is 352 g/mol. The molecule has 4 heteroatoms. The molecule has 0 radical (unpaired) electrons. The Hall–Kier alpha value is -2.88. The molecular weight excluding hydrogens is 328 g/mol. The normalized spacial score (nSPS) is 12.1. The van der Waals surface area contributed by atoms with E-state index in [-0.39, 0.29) is 13.2 Å². The summed E-state index contributed by atoms with van der Waals surface area (Å²) in [6.45, 7) is 3.85. The van der Waals surface area contributed by atoms with E-state index >= 15 is 0 Å². The Kier molecular flexibility index (Phi) is 7.62. The van der Waals surface area contributed by atoms with Gasteiger partial charge in [0.1, 0.15) is 0 Å². The van der Waals surface area contributed by atoms with Crippen molar-refractivity contribution >= 4 is 18.0 Å². The molecule has 4 nitrogen and oxygen atoms in total. The van der Waals surface area contributed by atoms with Crippen molar-refractivity contribution in [2.45, 2.75) is 19.8 Å². The van der Waals surface area contributed by atoms with E-state index < -0.39 is 23.8 Å². The molecule has 0 aliphatic carbocycles. The van der Waals surface area contributed by atoms with Crippen LogP contribution in [0.25, 0.3) is 6.08 Å². The van der Waals surface area contributed by atoms with Crippen molar-refractivity contribution in [2.75, 3.05) is 13.2 Å². The molecule has 0 heterocycles. The molecule has 136 valence electrons. The first-order chi connectivity index (χ1) is 12.7. The summed E-state index contributed by atoms with van der Waals surface area (Å²) in [6.07, 6.45) is 3.77. The van der Waals surface area contributed by atoms with E-state index in [0.29, 0.717) is 0 Å². The van der Waals surface area contributed by atoms with E-state index in [1.807, 2.05) is 72.8 Å². The van der Waals surface area contributed by atoms with Crippen LogP contribution in [0.15, 0.2) is 66.7 Å². The second kappa shape index (κ2) is 10.2. The zero-order chi connectivity index (χ0) is 18.8. The second-order valence-electron chi connectivity index (χ2n) is 5.69. The Labute approximate surface area is 154 Å². The summed E-state index contributed by atoms with van der Waals surface area (Å²) in [5, 5.41) is 0. The van der Waals surface area contributed by atoms with Crippen LogP contribution in [0.1, 0.15) is 30.9 Å². The first-order valence-electron chi connectivity index (χ1n) is 8.78. The highest BCUT2D eigenvalue weighted by Gasteiger charge is 2.37. The average Bonchev–Trinajstić information content (AvgIpc) is 2.67. The van der Waals surface area contributed by atoms with Crippen molar-refractivity contribution in [1.82, 2.24) is 0 Å². The number of hydrogen-bond donors (Lipinski definition) is 0. The molecule has 0 saturated heterocycles. The van der Waals surface area contributed by atoms with Crippen LogP contribution in [0, 0.1) is 5.92 Å². The van der Waals surface area contributed by atoms with Gasteiger partial charge < -0.3 is 9.47 Å². The monoisotopic (exact) mass is 352 g/mol. The molecule has 0 fully saturated rings. The smallest absolute Gasteiger partial charge is 0.321 e. The molecule has 2 aromatic carbocycles. The maximum atomic E-state index is 12.5. The molecule has 0 unspecified atom stereocenters. The topological polar surface area (TPSA) is 52.6 Å². The summed E-state index contributed by atoms with van der Waals surface area (Å²) in [5.74, 6) is -2.67. The van der Waals surface area contributed by atoms with Crippen LogP contribution < -0.4 is 0 Å². The van der Waals surface area contributed by atoms with Gasteiger partial charge in [-0.05, 0) is 25.0 Å². The number of esters is 2. The van der Waals surface area contributed by atoms with E-state index in [4.69, 9.17) is 9.47 Å². The Morgan fingerprint density at radius 3 is 1.85 bits per heavy atom. The Morgan fingerprint density at radius 2 is 1.35 bits per heavy atom.